The van der Waals surface area contributed by atoms with Gasteiger partial charge in [0, 0.05) is 45.9 Å². The van der Waals surface area contributed by atoms with Gasteiger partial charge in [0.2, 0.25) is 11.8 Å². The predicted octanol–water partition coefficient (Wildman–Crippen LogP) is 0.354. The number of morpholine rings is 1. The zero-order valence-corrected chi connectivity index (χ0v) is 21.5. The largest absolute Gasteiger partial charge is 0.465 e. The molecule has 0 saturated carbocycles. The first kappa shape index (κ1) is 26.3. The van der Waals surface area contributed by atoms with E-state index >= 15 is 0 Å². The van der Waals surface area contributed by atoms with Crippen molar-refractivity contribution in [3.05, 3.63) is 24.3 Å². The fraction of sp³-hybridized carbons (Fsp3) is 0.741. The molecule has 204 valence electrons. The zero-order chi connectivity index (χ0) is 25.8. The summed E-state index contributed by atoms with van der Waals surface area (Å²) in [5.74, 6) is -2.46. The number of aliphatic hydroxyl groups excluding tert-OH is 1. The van der Waals surface area contributed by atoms with Crippen LogP contribution in [-0.2, 0) is 28.6 Å². The Morgan fingerprint density at radius 3 is 2.62 bits per heavy atom. The second kappa shape index (κ2) is 11.6. The number of esters is 1. The van der Waals surface area contributed by atoms with E-state index in [0.717, 1.165) is 38.9 Å². The van der Waals surface area contributed by atoms with Gasteiger partial charge in [-0.1, -0.05) is 24.3 Å². The van der Waals surface area contributed by atoms with Crippen molar-refractivity contribution in [1.29, 1.82) is 0 Å². The minimum atomic E-state index is -1.23. The number of carbonyl (C=O) groups is 3. The van der Waals surface area contributed by atoms with Crippen LogP contribution >= 0.6 is 0 Å². The summed E-state index contributed by atoms with van der Waals surface area (Å²) in [6.45, 7) is 5.39. The Balaban J connectivity index is 1.45. The quantitative estimate of drug-likeness (QED) is 0.293. The first-order valence-corrected chi connectivity index (χ1v) is 13.8. The monoisotopic (exact) mass is 517 g/mol. The number of amides is 2. The molecule has 3 saturated heterocycles. The lowest BCUT2D eigenvalue weighted by Crippen LogP contribution is -2.56. The second-order valence-corrected chi connectivity index (χ2v) is 10.5. The SMILES string of the molecule is O=C1OCCCC/C=C\[C@H]2O[C@]34C=CCN(CCN5CCOCC5)C(=O)C3N(CCCCO)C(=O)[C@@H]4[C@@H]12. The summed E-state index contributed by atoms with van der Waals surface area (Å²) in [4.78, 5) is 47.1. The molecular formula is C27H39N3O7. The molecule has 5 rings (SSSR count). The average molecular weight is 518 g/mol. The molecule has 0 aromatic heterocycles. The Morgan fingerprint density at radius 1 is 0.973 bits per heavy atom. The lowest BCUT2D eigenvalue weighted by molar-refractivity contribution is -0.155. The van der Waals surface area contributed by atoms with Crippen LogP contribution in [0.5, 0.6) is 0 Å². The summed E-state index contributed by atoms with van der Waals surface area (Å²) in [5.41, 5.74) is -1.23. The van der Waals surface area contributed by atoms with Gasteiger partial charge in [-0.2, -0.15) is 0 Å². The highest BCUT2D eigenvalue weighted by Gasteiger charge is 2.71. The van der Waals surface area contributed by atoms with E-state index < -0.39 is 35.6 Å². The Morgan fingerprint density at radius 2 is 1.81 bits per heavy atom. The number of ether oxygens (including phenoxy) is 3. The number of aliphatic hydroxyl groups is 1. The van der Waals surface area contributed by atoms with Crippen molar-refractivity contribution >= 4 is 17.8 Å². The molecule has 0 bridgehead atoms. The molecule has 5 aliphatic heterocycles. The highest BCUT2D eigenvalue weighted by Crippen LogP contribution is 2.53. The van der Waals surface area contributed by atoms with Crippen molar-refractivity contribution in [2.24, 2.45) is 11.8 Å². The molecule has 1 unspecified atom stereocenters. The van der Waals surface area contributed by atoms with Gasteiger partial charge < -0.3 is 29.1 Å². The van der Waals surface area contributed by atoms with Crippen LogP contribution in [0.3, 0.4) is 0 Å². The van der Waals surface area contributed by atoms with Crippen molar-refractivity contribution in [1.82, 2.24) is 14.7 Å². The molecule has 0 aromatic rings. The molecule has 1 N–H and O–H groups in total. The number of carbonyl (C=O) groups excluding carboxylic acids is 3. The number of fused-ring (bicyclic) bond motifs is 2. The number of rotatable bonds is 7. The van der Waals surface area contributed by atoms with Crippen LogP contribution in [0.4, 0.5) is 0 Å². The predicted molar refractivity (Wildman–Crippen MR) is 133 cm³/mol. The Bertz CT molecular complexity index is 918. The number of unbranched alkanes of at least 4 members (excludes halogenated alkanes) is 1. The van der Waals surface area contributed by atoms with E-state index in [9.17, 15) is 19.5 Å². The van der Waals surface area contributed by atoms with Crippen molar-refractivity contribution in [2.45, 2.75) is 49.9 Å². The molecule has 0 aromatic carbocycles. The Labute approximate surface area is 218 Å². The average Bonchev–Trinajstić information content (AvgIpc) is 3.29. The van der Waals surface area contributed by atoms with E-state index in [1.54, 1.807) is 9.80 Å². The Hall–Kier alpha value is -2.27. The molecule has 10 nitrogen and oxygen atoms in total. The molecule has 1 spiro atoms. The first-order valence-electron chi connectivity index (χ1n) is 13.8. The van der Waals surface area contributed by atoms with Crippen molar-refractivity contribution in [2.75, 3.05) is 65.7 Å². The van der Waals surface area contributed by atoms with E-state index in [2.05, 4.69) is 4.90 Å². The second-order valence-electron chi connectivity index (χ2n) is 10.5. The number of nitrogens with zero attached hydrogens (tertiary/aromatic N) is 3. The van der Waals surface area contributed by atoms with E-state index in [0.29, 0.717) is 52.3 Å². The molecule has 3 fully saturated rings. The Kier molecular flexibility index (Phi) is 8.28. The number of cyclic esters (lactones) is 1. The van der Waals surface area contributed by atoms with E-state index in [1.165, 1.54) is 0 Å². The lowest BCUT2D eigenvalue weighted by atomic mass is 9.78. The number of hydrogen-bond donors (Lipinski definition) is 1. The van der Waals surface area contributed by atoms with Crippen molar-refractivity contribution in [3.63, 3.8) is 0 Å². The molecule has 10 heteroatoms. The smallest absolute Gasteiger partial charge is 0.312 e. The minimum Gasteiger partial charge on any atom is -0.465 e. The standard InChI is InChI=1S/C27H39N3O7/c31-16-5-4-11-30-23-25(33)29(13-12-28-14-18-35-19-15-28)10-7-9-27(23)22(24(30)32)21-20(37-27)8-3-1-2-6-17-36-26(21)34/h3,7-9,20-23,31H,1-2,4-6,10-19H2/b8-3-/t20-,21+,22+,23?,27+/m1/s1. The number of likely N-dealkylation sites (tertiary alicyclic amines) is 1. The maximum Gasteiger partial charge on any atom is 0.312 e. The summed E-state index contributed by atoms with van der Waals surface area (Å²) in [6.07, 6.45) is 10.7. The molecule has 0 aliphatic carbocycles. The van der Waals surface area contributed by atoms with Gasteiger partial charge in [-0.15, -0.1) is 0 Å². The third-order valence-electron chi connectivity index (χ3n) is 8.28. The molecule has 5 heterocycles. The van der Waals surface area contributed by atoms with Gasteiger partial charge in [0.1, 0.15) is 17.6 Å². The van der Waals surface area contributed by atoms with Gasteiger partial charge in [-0.05, 0) is 32.1 Å². The van der Waals surface area contributed by atoms with Crippen LogP contribution in [0.2, 0.25) is 0 Å². The number of hydrogen-bond acceptors (Lipinski definition) is 8. The number of allylic oxidation sites excluding steroid dienone is 1. The van der Waals surface area contributed by atoms with Crippen LogP contribution in [0, 0.1) is 11.8 Å². The fourth-order valence-corrected chi connectivity index (χ4v) is 6.39. The summed E-state index contributed by atoms with van der Waals surface area (Å²) in [6, 6.07) is -0.856. The van der Waals surface area contributed by atoms with Crippen LogP contribution in [0.15, 0.2) is 24.3 Å². The van der Waals surface area contributed by atoms with Crippen LogP contribution < -0.4 is 0 Å². The first-order chi connectivity index (χ1) is 18.1. The molecule has 5 atom stereocenters. The van der Waals surface area contributed by atoms with Crippen LogP contribution in [0.1, 0.15) is 32.1 Å². The van der Waals surface area contributed by atoms with Crippen molar-refractivity contribution in [3.8, 4) is 0 Å². The molecule has 2 amide bonds. The van der Waals surface area contributed by atoms with Gasteiger partial charge >= 0.3 is 5.97 Å². The topological polar surface area (TPSA) is 109 Å². The fourth-order valence-electron chi connectivity index (χ4n) is 6.39. The third kappa shape index (κ3) is 5.08. The van der Waals surface area contributed by atoms with Gasteiger partial charge in [0.25, 0.3) is 0 Å². The lowest BCUT2D eigenvalue weighted by Gasteiger charge is -2.36. The zero-order valence-electron chi connectivity index (χ0n) is 21.5. The van der Waals surface area contributed by atoms with Gasteiger partial charge in [0.15, 0.2) is 0 Å². The highest BCUT2D eigenvalue weighted by atomic mass is 16.6. The molecular weight excluding hydrogens is 478 g/mol. The maximum atomic E-state index is 14.1. The van der Waals surface area contributed by atoms with Gasteiger partial charge in [0.05, 0.1) is 31.8 Å². The molecule has 5 aliphatic rings. The molecule has 37 heavy (non-hydrogen) atoms. The van der Waals surface area contributed by atoms with E-state index in [-0.39, 0.29) is 18.4 Å². The summed E-state index contributed by atoms with van der Waals surface area (Å²) in [5, 5.41) is 9.33. The van der Waals surface area contributed by atoms with Gasteiger partial charge in [-0.3, -0.25) is 19.3 Å². The third-order valence-corrected chi connectivity index (χ3v) is 8.28. The minimum absolute atomic E-state index is 0.0130. The summed E-state index contributed by atoms with van der Waals surface area (Å²) in [7, 11) is 0. The molecule has 0 radical (unpaired) electrons. The van der Waals surface area contributed by atoms with E-state index in [1.807, 2.05) is 24.3 Å². The van der Waals surface area contributed by atoms with Crippen LogP contribution in [0.25, 0.3) is 0 Å². The van der Waals surface area contributed by atoms with Crippen LogP contribution in [-0.4, -0.2) is 121 Å². The van der Waals surface area contributed by atoms with E-state index in [4.69, 9.17) is 14.2 Å². The maximum absolute atomic E-state index is 14.1. The van der Waals surface area contributed by atoms with Crippen molar-refractivity contribution < 1.29 is 33.7 Å². The summed E-state index contributed by atoms with van der Waals surface area (Å²) < 4.78 is 17.7. The highest BCUT2D eigenvalue weighted by molar-refractivity contribution is 5.99. The summed E-state index contributed by atoms with van der Waals surface area (Å²) >= 11 is 0. The van der Waals surface area contributed by atoms with Gasteiger partial charge in [-0.25, -0.2) is 0 Å². The normalized spacial score (nSPS) is 35.5.